The van der Waals surface area contributed by atoms with Gasteiger partial charge in [0.1, 0.15) is 0 Å². The molecule has 0 spiro atoms. The summed E-state index contributed by atoms with van der Waals surface area (Å²) in [6.45, 7) is -0.212. The predicted octanol–water partition coefficient (Wildman–Crippen LogP) is 3.74. The van der Waals surface area contributed by atoms with Gasteiger partial charge in [0.2, 0.25) is 12.7 Å². The molecule has 6 nitrogen and oxygen atoms in total. The summed E-state index contributed by atoms with van der Waals surface area (Å²) in [5, 5.41) is 6.09. The fourth-order valence-corrected chi connectivity index (χ4v) is 2.75. The fraction of sp³-hybridized carbons (Fsp3) is 0.125. The maximum absolute atomic E-state index is 12.2. The molecule has 2 aromatic carbocycles. The standard InChI is InChI=1S/C16H11Cl3N2O4/c17-9-1-2-10(18)12(5-9)21-14(22)6-20-16(23)8-3-11(19)15-13(4-8)24-7-25-15/h1-5H,6-7H2,(H,20,23)(H,21,22). The van der Waals surface area contributed by atoms with E-state index in [0.29, 0.717) is 27.2 Å². The number of hydrogen-bond acceptors (Lipinski definition) is 4. The van der Waals surface area contributed by atoms with Gasteiger partial charge in [-0.15, -0.1) is 0 Å². The number of nitrogens with one attached hydrogen (secondary N) is 2. The molecular weight excluding hydrogens is 391 g/mol. The number of carbonyl (C=O) groups excluding carboxylic acids is 2. The highest BCUT2D eigenvalue weighted by Gasteiger charge is 2.21. The van der Waals surface area contributed by atoms with Gasteiger partial charge in [-0.25, -0.2) is 0 Å². The van der Waals surface area contributed by atoms with Crippen LogP contribution in [0.4, 0.5) is 5.69 Å². The molecule has 9 heteroatoms. The van der Waals surface area contributed by atoms with Crippen molar-refractivity contribution in [3.63, 3.8) is 0 Å². The van der Waals surface area contributed by atoms with Crippen LogP contribution in [0.2, 0.25) is 15.1 Å². The van der Waals surface area contributed by atoms with E-state index in [2.05, 4.69) is 10.6 Å². The molecule has 0 aromatic heterocycles. The van der Waals surface area contributed by atoms with Crippen LogP contribution >= 0.6 is 34.8 Å². The molecule has 2 amide bonds. The highest BCUT2D eigenvalue weighted by atomic mass is 35.5. The van der Waals surface area contributed by atoms with Crippen LogP contribution in [0.3, 0.4) is 0 Å². The van der Waals surface area contributed by atoms with Gasteiger partial charge in [-0.3, -0.25) is 9.59 Å². The molecule has 2 aromatic rings. The van der Waals surface area contributed by atoms with Gasteiger partial charge >= 0.3 is 0 Å². The van der Waals surface area contributed by atoms with Gasteiger partial charge in [0.05, 0.1) is 22.3 Å². The van der Waals surface area contributed by atoms with Crippen LogP contribution < -0.4 is 20.1 Å². The van der Waals surface area contributed by atoms with Crippen molar-refractivity contribution in [3.8, 4) is 11.5 Å². The summed E-state index contributed by atoms with van der Waals surface area (Å²) in [5.41, 5.74) is 0.613. The van der Waals surface area contributed by atoms with E-state index in [9.17, 15) is 9.59 Å². The van der Waals surface area contributed by atoms with Crippen molar-refractivity contribution >= 4 is 52.3 Å². The van der Waals surface area contributed by atoms with Gasteiger partial charge in [-0.05, 0) is 30.3 Å². The minimum Gasteiger partial charge on any atom is -0.454 e. The Labute approximate surface area is 158 Å². The third kappa shape index (κ3) is 4.10. The van der Waals surface area contributed by atoms with E-state index in [0.717, 1.165) is 0 Å². The quantitative estimate of drug-likeness (QED) is 0.818. The van der Waals surface area contributed by atoms with Crippen LogP contribution in [0, 0.1) is 0 Å². The zero-order valence-electron chi connectivity index (χ0n) is 12.6. The number of fused-ring (bicyclic) bond motifs is 1. The van der Waals surface area contributed by atoms with Gasteiger partial charge in [0.15, 0.2) is 11.5 Å². The summed E-state index contributed by atoms with van der Waals surface area (Å²) in [5.74, 6) is -0.156. The number of ether oxygens (including phenoxy) is 2. The normalized spacial score (nSPS) is 12.0. The fourth-order valence-electron chi connectivity index (χ4n) is 2.15. The van der Waals surface area contributed by atoms with Crippen LogP contribution in [0.25, 0.3) is 0 Å². The molecule has 0 aliphatic carbocycles. The van der Waals surface area contributed by atoms with Crippen molar-refractivity contribution in [2.24, 2.45) is 0 Å². The first kappa shape index (κ1) is 17.7. The maximum Gasteiger partial charge on any atom is 0.251 e. The number of anilines is 1. The molecule has 130 valence electrons. The Balaban J connectivity index is 1.61. The Morgan fingerprint density at radius 2 is 1.84 bits per heavy atom. The first-order chi connectivity index (χ1) is 11.9. The number of benzene rings is 2. The second-order valence-electron chi connectivity index (χ2n) is 5.05. The molecule has 0 saturated carbocycles. The molecule has 25 heavy (non-hydrogen) atoms. The van der Waals surface area contributed by atoms with Gasteiger partial charge in [-0.1, -0.05) is 34.8 Å². The lowest BCUT2D eigenvalue weighted by atomic mass is 10.2. The molecule has 1 heterocycles. The van der Waals surface area contributed by atoms with Crippen molar-refractivity contribution in [1.29, 1.82) is 0 Å². The van der Waals surface area contributed by atoms with Crippen molar-refractivity contribution in [2.75, 3.05) is 18.7 Å². The average Bonchev–Trinajstić information content (AvgIpc) is 3.05. The Morgan fingerprint density at radius 1 is 1.04 bits per heavy atom. The van der Waals surface area contributed by atoms with E-state index in [4.69, 9.17) is 44.3 Å². The minimum absolute atomic E-state index is 0.0446. The first-order valence-electron chi connectivity index (χ1n) is 7.06. The Hall–Kier alpha value is -2.15. The van der Waals surface area contributed by atoms with Crippen molar-refractivity contribution < 1.29 is 19.1 Å². The number of carbonyl (C=O) groups is 2. The second kappa shape index (κ2) is 7.39. The van der Waals surface area contributed by atoms with Crippen LogP contribution in [0.1, 0.15) is 10.4 Å². The lowest BCUT2D eigenvalue weighted by molar-refractivity contribution is -0.115. The summed E-state index contributed by atoms with van der Waals surface area (Å²) in [6.07, 6.45) is 0. The van der Waals surface area contributed by atoms with Gasteiger partial charge in [-0.2, -0.15) is 0 Å². The van der Waals surface area contributed by atoms with Crippen LogP contribution in [0.15, 0.2) is 30.3 Å². The van der Waals surface area contributed by atoms with E-state index < -0.39 is 11.8 Å². The summed E-state index contributed by atoms with van der Waals surface area (Å²) >= 11 is 17.9. The maximum atomic E-state index is 12.2. The Kier molecular flexibility index (Phi) is 5.22. The molecule has 0 atom stereocenters. The van der Waals surface area contributed by atoms with Gasteiger partial charge < -0.3 is 20.1 Å². The molecule has 0 saturated heterocycles. The third-order valence-corrected chi connectivity index (χ3v) is 4.15. The molecule has 1 aliphatic rings. The number of hydrogen-bond donors (Lipinski definition) is 2. The zero-order chi connectivity index (χ0) is 18.0. The highest BCUT2D eigenvalue weighted by Crippen LogP contribution is 2.39. The van der Waals surface area contributed by atoms with Crippen LogP contribution in [-0.4, -0.2) is 25.2 Å². The number of amides is 2. The van der Waals surface area contributed by atoms with Gasteiger partial charge in [0, 0.05) is 10.6 Å². The van der Waals surface area contributed by atoms with Gasteiger partial charge in [0.25, 0.3) is 5.91 Å². The third-order valence-electron chi connectivity index (χ3n) is 3.30. The minimum atomic E-state index is -0.479. The van der Waals surface area contributed by atoms with E-state index in [1.165, 1.54) is 18.2 Å². The monoisotopic (exact) mass is 400 g/mol. The number of rotatable bonds is 4. The summed E-state index contributed by atoms with van der Waals surface area (Å²) in [7, 11) is 0. The van der Waals surface area contributed by atoms with Crippen molar-refractivity contribution in [1.82, 2.24) is 5.32 Å². The Bertz CT molecular complexity index is 858. The van der Waals surface area contributed by atoms with E-state index in [-0.39, 0.29) is 23.9 Å². The molecule has 0 unspecified atom stereocenters. The average molecular weight is 402 g/mol. The smallest absolute Gasteiger partial charge is 0.251 e. The molecule has 1 aliphatic heterocycles. The van der Waals surface area contributed by atoms with E-state index in [1.807, 2.05) is 0 Å². The van der Waals surface area contributed by atoms with Crippen molar-refractivity contribution in [2.45, 2.75) is 0 Å². The topological polar surface area (TPSA) is 76.7 Å². The molecule has 2 N–H and O–H groups in total. The summed E-state index contributed by atoms with van der Waals surface area (Å²) in [6, 6.07) is 7.62. The Morgan fingerprint density at radius 3 is 2.64 bits per heavy atom. The second-order valence-corrected chi connectivity index (χ2v) is 6.30. The SMILES string of the molecule is O=C(CNC(=O)c1cc(Cl)c2c(c1)OCO2)Nc1cc(Cl)ccc1Cl. The molecule has 0 fully saturated rings. The largest absolute Gasteiger partial charge is 0.454 e. The molecule has 3 rings (SSSR count). The summed E-state index contributed by atoms with van der Waals surface area (Å²) < 4.78 is 10.4. The zero-order valence-corrected chi connectivity index (χ0v) is 14.8. The molecule has 0 radical (unpaired) electrons. The molecule has 0 bridgehead atoms. The van der Waals surface area contributed by atoms with Crippen LogP contribution in [-0.2, 0) is 4.79 Å². The van der Waals surface area contributed by atoms with E-state index in [1.54, 1.807) is 12.1 Å². The highest BCUT2D eigenvalue weighted by molar-refractivity contribution is 6.35. The predicted molar refractivity (Wildman–Crippen MR) is 95.0 cm³/mol. The first-order valence-corrected chi connectivity index (χ1v) is 8.19. The molecular formula is C16H11Cl3N2O4. The number of halogens is 3. The van der Waals surface area contributed by atoms with E-state index >= 15 is 0 Å². The summed E-state index contributed by atoms with van der Waals surface area (Å²) in [4.78, 5) is 24.1. The van der Waals surface area contributed by atoms with Crippen molar-refractivity contribution in [3.05, 3.63) is 51.0 Å². The lowest BCUT2D eigenvalue weighted by Gasteiger charge is -2.09. The lowest BCUT2D eigenvalue weighted by Crippen LogP contribution is -2.32. The van der Waals surface area contributed by atoms with Crippen LogP contribution in [0.5, 0.6) is 11.5 Å².